The predicted molar refractivity (Wildman–Crippen MR) is 94.7 cm³/mol. The molecular formula is C21H17NO2. The van der Waals surface area contributed by atoms with Crippen molar-refractivity contribution in [2.45, 2.75) is 11.8 Å². The van der Waals surface area contributed by atoms with Gasteiger partial charge < -0.3 is 9.64 Å². The minimum absolute atomic E-state index is 0.137. The molecule has 0 radical (unpaired) electrons. The first kappa shape index (κ1) is 13.6. The SMILES string of the molecule is CN1C(=O)C[C@]2(COc3c2ccc2ccccc32)c2ccccc21. The Labute approximate surface area is 140 Å². The maximum absolute atomic E-state index is 12.7. The molecule has 2 aliphatic heterocycles. The van der Waals surface area contributed by atoms with Crippen LogP contribution in [0.1, 0.15) is 17.5 Å². The molecule has 0 bridgehead atoms. The standard InChI is InChI=1S/C21H17NO2/c1-22-18-9-5-4-8-16(18)21(12-19(22)23)13-24-20-15-7-3-2-6-14(15)10-11-17(20)21/h2-11H,12-13H2,1H3/t21-/m0/s1. The lowest BCUT2D eigenvalue weighted by atomic mass is 9.70. The zero-order valence-corrected chi connectivity index (χ0v) is 13.5. The van der Waals surface area contributed by atoms with Gasteiger partial charge in [-0.25, -0.2) is 0 Å². The summed E-state index contributed by atoms with van der Waals surface area (Å²) in [6, 6.07) is 20.7. The Morgan fingerprint density at radius 1 is 0.958 bits per heavy atom. The van der Waals surface area contributed by atoms with Crippen molar-refractivity contribution in [1.29, 1.82) is 0 Å². The fourth-order valence-corrected chi connectivity index (χ4v) is 4.19. The summed E-state index contributed by atoms with van der Waals surface area (Å²) in [5, 5.41) is 2.29. The maximum Gasteiger partial charge on any atom is 0.228 e. The molecule has 0 aliphatic carbocycles. The zero-order chi connectivity index (χ0) is 16.3. The number of ether oxygens (including phenoxy) is 1. The second-order valence-corrected chi connectivity index (χ2v) is 6.68. The third-order valence-corrected chi connectivity index (χ3v) is 5.47. The summed E-state index contributed by atoms with van der Waals surface area (Å²) in [4.78, 5) is 14.4. The number of rotatable bonds is 0. The highest BCUT2D eigenvalue weighted by molar-refractivity contribution is 6.00. The molecule has 24 heavy (non-hydrogen) atoms. The summed E-state index contributed by atoms with van der Waals surface area (Å²) >= 11 is 0. The molecule has 118 valence electrons. The van der Waals surface area contributed by atoms with Crippen molar-refractivity contribution in [2.75, 3.05) is 18.6 Å². The first-order valence-corrected chi connectivity index (χ1v) is 8.22. The van der Waals surface area contributed by atoms with Crippen LogP contribution in [0.4, 0.5) is 5.69 Å². The number of hydrogen-bond donors (Lipinski definition) is 0. The van der Waals surface area contributed by atoms with E-state index in [9.17, 15) is 4.79 Å². The Bertz CT molecular complexity index is 994. The van der Waals surface area contributed by atoms with Crippen molar-refractivity contribution in [3.8, 4) is 5.75 Å². The van der Waals surface area contributed by atoms with Crippen LogP contribution >= 0.6 is 0 Å². The van der Waals surface area contributed by atoms with Gasteiger partial charge >= 0.3 is 0 Å². The number of hydrogen-bond acceptors (Lipinski definition) is 2. The minimum Gasteiger partial charge on any atom is -0.491 e. The van der Waals surface area contributed by atoms with Gasteiger partial charge in [-0.05, 0) is 17.0 Å². The zero-order valence-electron chi connectivity index (χ0n) is 13.5. The lowest BCUT2D eigenvalue weighted by Crippen LogP contribution is -2.44. The van der Waals surface area contributed by atoms with Crippen molar-refractivity contribution in [1.82, 2.24) is 0 Å². The molecule has 3 nitrogen and oxygen atoms in total. The van der Waals surface area contributed by atoms with E-state index in [1.165, 1.54) is 10.9 Å². The Morgan fingerprint density at radius 3 is 2.67 bits per heavy atom. The fraction of sp³-hybridized carbons (Fsp3) is 0.190. The molecule has 1 spiro atoms. The average molecular weight is 315 g/mol. The molecule has 0 N–H and O–H groups in total. The van der Waals surface area contributed by atoms with Crippen molar-refractivity contribution >= 4 is 22.4 Å². The van der Waals surface area contributed by atoms with Gasteiger partial charge in [0.1, 0.15) is 12.4 Å². The van der Waals surface area contributed by atoms with Crippen molar-refractivity contribution in [3.63, 3.8) is 0 Å². The quantitative estimate of drug-likeness (QED) is 0.630. The van der Waals surface area contributed by atoms with Crippen LogP contribution in [0.25, 0.3) is 10.8 Å². The van der Waals surface area contributed by atoms with E-state index in [0.717, 1.165) is 22.4 Å². The van der Waals surface area contributed by atoms with Crippen molar-refractivity contribution in [2.24, 2.45) is 0 Å². The molecule has 1 amide bonds. The van der Waals surface area contributed by atoms with Crippen LogP contribution in [0.3, 0.4) is 0 Å². The molecule has 5 rings (SSSR count). The summed E-state index contributed by atoms with van der Waals surface area (Å²) < 4.78 is 6.17. The molecule has 3 aromatic rings. The van der Waals surface area contributed by atoms with E-state index in [1.54, 1.807) is 4.90 Å². The highest BCUT2D eigenvalue weighted by Gasteiger charge is 2.49. The van der Waals surface area contributed by atoms with Gasteiger partial charge in [0.15, 0.2) is 0 Å². The van der Waals surface area contributed by atoms with Crippen LogP contribution < -0.4 is 9.64 Å². The van der Waals surface area contributed by atoms with E-state index >= 15 is 0 Å². The second kappa shape index (κ2) is 4.60. The van der Waals surface area contributed by atoms with Gasteiger partial charge in [-0.1, -0.05) is 54.6 Å². The molecule has 2 aliphatic rings. The van der Waals surface area contributed by atoms with Crippen LogP contribution in [0.2, 0.25) is 0 Å². The minimum atomic E-state index is -0.375. The highest BCUT2D eigenvalue weighted by Crippen LogP contribution is 2.52. The van der Waals surface area contributed by atoms with Crippen molar-refractivity contribution in [3.05, 3.63) is 71.8 Å². The lowest BCUT2D eigenvalue weighted by Gasteiger charge is -2.38. The van der Waals surface area contributed by atoms with Crippen LogP contribution in [-0.4, -0.2) is 19.6 Å². The summed E-state index contributed by atoms with van der Waals surface area (Å²) in [7, 11) is 1.85. The number of benzene rings is 3. The maximum atomic E-state index is 12.7. The van der Waals surface area contributed by atoms with E-state index in [-0.39, 0.29) is 11.3 Å². The smallest absolute Gasteiger partial charge is 0.228 e. The van der Waals surface area contributed by atoms with Crippen LogP contribution in [-0.2, 0) is 10.2 Å². The Balaban J connectivity index is 1.82. The van der Waals surface area contributed by atoms with Crippen molar-refractivity contribution < 1.29 is 9.53 Å². The number of nitrogens with zero attached hydrogens (tertiary/aromatic N) is 1. The predicted octanol–water partition coefficient (Wildman–Crippen LogP) is 3.88. The normalized spacial score (nSPS) is 21.7. The average Bonchev–Trinajstić information content (AvgIpc) is 3.00. The number of fused-ring (bicyclic) bond motifs is 6. The highest BCUT2D eigenvalue weighted by atomic mass is 16.5. The number of carbonyl (C=O) groups is 1. The molecule has 0 fully saturated rings. The van der Waals surface area contributed by atoms with Crippen LogP contribution in [0.5, 0.6) is 5.75 Å². The molecule has 0 saturated carbocycles. The summed E-state index contributed by atoms with van der Waals surface area (Å²) in [6.45, 7) is 0.521. The Morgan fingerprint density at radius 2 is 1.75 bits per heavy atom. The number of para-hydroxylation sites is 1. The van der Waals surface area contributed by atoms with Gasteiger partial charge in [-0.2, -0.15) is 0 Å². The number of carbonyl (C=O) groups excluding carboxylic acids is 1. The summed E-state index contributed by atoms with van der Waals surface area (Å²) in [6.07, 6.45) is 0.450. The van der Waals surface area contributed by atoms with Gasteiger partial charge in [-0.15, -0.1) is 0 Å². The number of anilines is 1. The van der Waals surface area contributed by atoms with E-state index in [1.807, 2.05) is 37.4 Å². The third-order valence-electron chi connectivity index (χ3n) is 5.47. The lowest BCUT2D eigenvalue weighted by molar-refractivity contribution is -0.119. The third kappa shape index (κ3) is 1.59. The molecule has 3 aromatic carbocycles. The molecule has 0 aromatic heterocycles. The van der Waals surface area contributed by atoms with E-state index in [0.29, 0.717) is 13.0 Å². The van der Waals surface area contributed by atoms with Gasteiger partial charge in [0.05, 0.1) is 5.41 Å². The van der Waals surface area contributed by atoms with Gasteiger partial charge in [0.2, 0.25) is 5.91 Å². The summed E-state index contributed by atoms with van der Waals surface area (Å²) in [5.74, 6) is 1.07. The fourth-order valence-electron chi connectivity index (χ4n) is 4.19. The largest absolute Gasteiger partial charge is 0.491 e. The van der Waals surface area contributed by atoms with E-state index in [2.05, 4.69) is 30.3 Å². The molecule has 3 heteroatoms. The van der Waals surface area contributed by atoms with Gasteiger partial charge in [0, 0.05) is 30.1 Å². The topological polar surface area (TPSA) is 29.5 Å². The van der Waals surface area contributed by atoms with Crippen LogP contribution in [0.15, 0.2) is 60.7 Å². The van der Waals surface area contributed by atoms with Gasteiger partial charge in [0.25, 0.3) is 0 Å². The Kier molecular flexibility index (Phi) is 2.61. The molecule has 2 heterocycles. The first-order valence-electron chi connectivity index (χ1n) is 8.22. The van der Waals surface area contributed by atoms with Gasteiger partial charge in [-0.3, -0.25) is 4.79 Å². The Hall–Kier alpha value is -2.81. The number of amides is 1. The molecule has 0 saturated heterocycles. The molecular weight excluding hydrogens is 298 g/mol. The summed E-state index contributed by atoms with van der Waals surface area (Å²) in [5.41, 5.74) is 2.93. The molecule has 0 unspecified atom stereocenters. The van der Waals surface area contributed by atoms with E-state index < -0.39 is 0 Å². The monoisotopic (exact) mass is 315 g/mol. The van der Waals surface area contributed by atoms with Crippen LogP contribution in [0, 0.1) is 0 Å². The van der Waals surface area contributed by atoms with E-state index in [4.69, 9.17) is 4.74 Å². The molecule has 1 atom stereocenters. The second-order valence-electron chi connectivity index (χ2n) is 6.68. The first-order chi connectivity index (χ1) is 11.7.